The van der Waals surface area contributed by atoms with Gasteiger partial charge in [0.05, 0.1) is 6.61 Å². The summed E-state index contributed by atoms with van der Waals surface area (Å²) in [5.41, 5.74) is 1.74. The lowest BCUT2D eigenvalue weighted by Crippen LogP contribution is -2.29. The molecule has 0 radical (unpaired) electrons. The summed E-state index contributed by atoms with van der Waals surface area (Å²) in [6.07, 6.45) is 2.05. The van der Waals surface area contributed by atoms with Crippen LogP contribution in [0.15, 0.2) is 43.0 Å². The summed E-state index contributed by atoms with van der Waals surface area (Å²) in [5, 5.41) is 12.1. The maximum atomic E-state index is 12.1. The number of allylic oxidation sites excluding steroid dienone is 1. The molecular formula is C20H24O4. The summed E-state index contributed by atoms with van der Waals surface area (Å²) in [7, 11) is 0. The number of phenols is 1. The number of ether oxygens (including phenoxy) is 2. The summed E-state index contributed by atoms with van der Waals surface area (Å²) in [6, 6.07) is 9.54. The molecule has 24 heavy (non-hydrogen) atoms. The van der Waals surface area contributed by atoms with Crippen molar-refractivity contribution in [2.75, 3.05) is 13.2 Å². The molecule has 0 saturated carbocycles. The van der Waals surface area contributed by atoms with Crippen LogP contribution in [0.4, 0.5) is 0 Å². The van der Waals surface area contributed by atoms with Crippen molar-refractivity contribution < 1.29 is 19.4 Å². The van der Waals surface area contributed by atoms with E-state index in [9.17, 15) is 9.90 Å². The van der Waals surface area contributed by atoms with E-state index in [0.29, 0.717) is 26.1 Å². The quantitative estimate of drug-likeness (QED) is 0.592. The summed E-state index contributed by atoms with van der Waals surface area (Å²) < 4.78 is 10.7. The number of esters is 1. The normalized spacial score (nSPS) is 12.1. The van der Waals surface area contributed by atoms with Crippen molar-refractivity contribution in [1.82, 2.24) is 0 Å². The van der Waals surface area contributed by atoms with Crippen LogP contribution in [0.2, 0.25) is 0 Å². The predicted octanol–water partition coefficient (Wildman–Crippen LogP) is 3.78. The van der Waals surface area contributed by atoms with Crippen LogP contribution >= 0.6 is 0 Å². The van der Waals surface area contributed by atoms with Crippen molar-refractivity contribution in [3.63, 3.8) is 0 Å². The Balaban J connectivity index is 2.47. The molecule has 2 rings (SSSR count). The van der Waals surface area contributed by atoms with Crippen molar-refractivity contribution >= 4 is 16.7 Å². The number of hydrogen-bond donors (Lipinski definition) is 1. The molecule has 1 atom stereocenters. The molecule has 1 unspecified atom stereocenters. The Morgan fingerprint density at radius 1 is 1.21 bits per heavy atom. The molecule has 0 aliphatic heterocycles. The van der Waals surface area contributed by atoms with Gasteiger partial charge in [-0.25, -0.2) is 4.79 Å². The number of rotatable bonds is 8. The first kappa shape index (κ1) is 18.0. The number of hydrogen-bond acceptors (Lipinski definition) is 4. The van der Waals surface area contributed by atoms with Crippen LogP contribution in [0.3, 0.4) is 0 Å². The van der Waals surface area contributed by atoms with E-state index >= 15 is 0 Å². The van der Waals surface area contributed by atoms with Gasteiger partial charge in [-0.15, -0.1) is 6.58 Å². The molecule has 4 heteroatoms. The minimum Gasteiger partial charge on any atom is -0.507 e. The van der Waals surface area contributed by atoms with Gasteiger partial charge in [0.25, 0.3) is 0 Å². The summed E-state index contributed by atoms with van der Waals surface area (Å²) in [4.78, 5) is 12.1. The number of aromatic hydroxyl groups is 1. The highest BCUT2D eigenvalue weighted by Crippen LogP contribution is 2.33. The predicted molar refractivity (Wildman–Crippen MR) is 95.3 cm³/mol. The van der Waals surface area contributed by atoms with E-state index in [2.05, 4.69) is 6.58 Å². The number of benzene rings is 2. The number of phenolic OH excluding ortho intramolecular Hbond substituents is 1. The van der Waals surface area contributed by atoms with Gasteiger partial charge in [0.15, 0.2) is 6.10 Å². The van der Waals surface area contributed by atoms with Gasteiger partial charge < -0.3 is 14.6 Å². The molecule has 2 aromatic rings. The summed E-state index contributed by atoms with van der Waals surface area (Å²) in [6.45, 7) is 8.12. The van der Waals surface area contributed by atoms with Crippen LogP contribution in [-0.4, -0.2) is 30.4 Å². The van der Waals surface area contributed by atoms with E-state index in [1.165, 1.54) is 0 Å². The average molecular weight is 328 g/mol. The number of fused-ring (bicyclic) bond motifs is 1. The molecule has 2 aromatic carbocycles. The minimum atomic E-state index is -0.653. The molecule has 0 heterocycles. The Hall–Kier alpha value is -2.33. The van der Waals surface area contributed by atoms with Crippen molar-refractivity contribution in [3.8, 4) is 5.75 Å². The number of carbonyl (C=O) groups excluding carboxylic acids is 1. The highest BCUT2D eigenvalue weighted by molar-refractivity contribution is 5.92. The van der Waals surface area contributed by atoms with Gasteiger partial charge in [0, 0.05) is 18.4 Å². The van der Waals surface area contributed by atoms with Crippen molar-refractivity contribution in [3.05, 3.63) is 54.1 Å². The van der Waals surface area contributed by atoms with Gasteiger partial charge in [-0.05, 0) is 36.8 Å². The van der Waals surface area contributed by atoms with Crippen LogP contribution < -0.4 is 0 Å². The topological polar surface area (TPSA) is 55.8 Å². The molecule has 1 N–H and O–H groups in total. The Bertz CT molecular complexity index is 721. The second-order valence-electron chi connectivity index (χ2n) is 5.48. The third-order valence-corrected chi connectivity index (χ3v) is 3.87. The monoisotopic (exact) mass is 328 g/mol. The molecule has 0 aromatic heterocycles. The second kappa shape index (κ2) is 8.50. The van der Waals surface area contributed by atoms with Crippen LogP contribution in [0.1, 0.15) is 25.0 Å². The standard InChI is InChI=1S/C20H24O4/c1-4-9-14-12-15(13-18(23-5-2)20(22)24-6-3)16-10-7-8-11-17(16)19(14)21/h4,7-8,10-12,18,21H,1,5-6,9,13H2,2-3H3. The van der Waals surface area contributed by atoms with E-state index in [1.54, 1.807) is 13.0 Å². The first-order valence-corrected chi connectivity index (χ1v) is 8.23. The van der Waals surface area contributed by atoms with E-state index in [-0.39, 0.29) is 11.7 Å². The van der Waals surface area contributed by atoms with Crippen LogP contribution in [-0.2, 0) is 27.1 Å². The maximum Gasteiger partial charge on any atom is 0.335 e. The van der Waals surface area contributed by atoms with Gasteiger partial charge in [-0.2, -0.15) is 0 Å². The van der Waals surface area contributed by atoms with Crippen LogP contribution in [0.25, 0.3) is 10.8 Å². The van der Waals surface area contributed by atoms with Crippen LogP contribution in [0, 0.1) is 0 Å². The smallest absolute Gasteiger partial charge is 0.335 e. The van der Waals surface area contributed by atoms with Gasteiger partial charge in [-0.1, -0.05) is 36.4 Å². The first-order valence-electron chi connectivity index (χ1n) is 8.23. The van der Waals surface area contributed by atoms with Gasteiger partial charge in [0.2, 0.25) is 0 Å². The van der Waals surface area contributed by atoms with Gasteiger partial charge in [0.1, 0.15) is 5.75 Å². The van der Waals surface area contributed by atoms with E-state index < -0.39 is 6.10 Å². The minimum absolute atomic E-state index is 0.262. The molecule has 128 valence electrons. The summed E-state index contributed by atoms with van der Waals surface area (Å²) in [5.74, 6) is -0.0971. The maximum absolute atomic E-state index is 12.1. The zero-order chi connectivity index (χ0) is 17.5. The van der Waals surface area contributed by atoms with Crippen molar-refractivity contribution in [1.29, 1.82) is 0 Å². The van der Waals surface area contributed by atoms with Gasteiger partial charge in [-0.3, -0.25) is 0 Å². The zero-order valence-electron chi connectivity index (χ0n) is 14.2. The Labute approximate surface area is 142 Å². The van der Waals surface area contributed by atoms with Crippen LogP contribution in [0.5, 0.6) is 5.75 Å². The summed E-state index contributed by atoms with van der Waals surface area (Å²) >= 11 is 0. The van der Waals surface area contributed by atoms with Crippen molar-refractivity contribution in [2.45, 2.75) is 32.8 Å². The third kappa shape index (κ3) is 3.95. The molecule has 0 saturated heterocycles. The molecule has 0 aliphatic rings. The molecule has 0 fully saturated rings. The fourth-order valence-electron chi connectivity index (χ4n) is 2.83. The lowest BCUT2D eigenvalue weighted by atomic mass is 9.94. The molecule has 0 aliphatic carbocycles. The lowest BCUT2D eigenvalue weighted by Gasteiger charge is -2.18. The molecular weight excluding hydrogens is 304 g/mol. The third-order valence-electron chi connectivity index (χ3n) is 3.87. The highest BCUT2D eigenvalue weighted by Gasteiger charge is 2.22. The largest absolute Gasteiger partial charge is 0.507 e. The average Bonchev–Trinajstić information content (AvgIpc) is 2.59. The van der Waals surface area contributed by atoms with E-state index in [4.69, 9.17) is 9.47 Å². The first-order chi connectivity index (χ1) is 11.6. The fourth-order valence-corrected chi connectivity index (χ4v) is 2.83. The fraction of sp³-hybridized carbons (Fsp3) is 0.350. The molecule has 0 spiro atoms. The SMILES string of the molecule is C=CCc1cc(CC(OCC)C(=O)OCC)c2ccccc2c1O. The Kier molecular flexibility index (Phi) is 6.38. The van der Waals surface area contributed by atoms with E-state index in [0.717, 1.165) is 21.9 Å². The molecule has 0 amide bonds. The number of carbonyl (C=O) groups is 1. The highest BCUT2D eigenvalue weighted by atomic mass is 16.6. The zero-order valence-corrected chi connectivity index (χ0v) is 14.2. The Morgan fingerprint density at radius 3 is 2.54 bits per heavy atom. The van der Waals surface area contributed by atoms with Crippen molar-refractivity contribution in [2.24, 2.45) is 0 Å². The van der Waals surface area contributed by atoms with E-state index in [1.807, 2.05) is 37.3 Å². The van der Waals surface area contributed by atoms with Gasteiger partial charge >= 0.3 is 5.97 Å². The second-order valence-corrected chi connectivity index (χ2v) is 5.48. The molecule has 0 bridgehead atoms. The Morgan fingerprint density at radius 2 is 1.92 bits per heavy atom. The molecule has 4 nitrogen and oxygen atoms in total. The lowest BCUT2D eigenvalue weighted by molar-refractivity contribution is -0.156.